The van der Waals surface area contributed by atoms with E-state index in [1.165, 1.54) is 23.5 Å². The van der Waals surface area contributed by atoms with E-state index in [2.05, 4.69) is 5.32 Å². The molecule has 0 unspecified atom stereocenters. The Balaban J connectivity index is 2.14. The molecule has 0 aliphatic heterocycles. The summed E-state index contributed by atoms with van der Waals surface area (Å²) in [4.78, 5) is 11.8. The fourth-order valence-electron chi connectivity index (χ4n) is 1.34. The summed E-state index contributed by atoms with van der Waals surface area (Å²) in [5, 5.41) is 15.6. The molecule has 1 heterocycles. The monoisotopic (exact) mass is 233 g/mol. The van der Waals surface area contributed by atoms with Gasteiger partial charge >= 0.3 is 0 Å². The standard InChI is InChI=1S/C12H11NO2S/c1-8-6-16-7-11(8)12(15)13-9-2-4-10(14)5-3-9/h2-7,14H,1H3,(H,13,15). The largest absolute Gasteiger partial charge is 0.508 e. The highest BCUT2D eigenvalue weighted by Gasteiger charge is 2.09. The first-order valence-electron chi connectivity index (χ1n) is 4.80. The number of carbonyl (C=O) groups is 1. The lowest BCUT2D eigenvalue weighted by Crippen LogP contribution is -2.11. The van der Waals surface area contributed by atoms with Crippen LogP contribution in [0.15, 0.2) is 35.0 Å². The quantitative estimate of drug-likeness (QED) is 0.783. The maximum absolute atomic E-state index is 11.8. The van der Waals surface area contributed by atoms with Crippen molar-refractivity contribution in [3.8, 4) is 5.75 Å². The fourth-order valence-corrected chi connectivity index (χ4v) is 2.16. The zero-order chi connectivity index (χ0) is 11.5. The Labute approximate surface area is 97.4 Å². The molecule has 4 heteroatoms. The third-order valence-electron chi connectivity index (χ3n) is 2.23. The average molecular weight is 233 g/mol. The molecule has 2 aromatic rings. The SMILES string of the molecule is Cc1cscc1C(=O)Nc1ccc(O)cc1. The van der Waals surface area contributed by atoms with Crippen molar-refractivity contribution in [2.45, 2.75) is 6.92 Å². The second-order valence-electron chi connectivity index (χ2n) is 3.47. The number of phenols is 1. The normalized spacial score (nSPS) is 10.1. The maximum Gasteiger partial charge on any atom is 0.256 e. The molecule has 1 aromatic heterocycles. The van der Waals surface area contributed by atoms with E-state index in [1.54, 1.807) is 12.1 Å². The zero-order valence-electron chi connectivity index (χ0n) is 8.73. The van der Waals surface area contributed by atoms with E-state index in [-0.39, 0.29) is 11.7 Å². The molecule has 3 nitrogen and oxygen atoms in total. The van der Waals surface area contributed by atoms with Gasteiger partial charge in [0.05, 0.1) is 5.56 Å². The van der Waals surface area contributed by atoms with Gasteiger partial charge in [0.15, 0.2) is 0 Å². The van der Waals surface area contributed by atoms with Gasteiger partial charge in [0.1, 0.15) is 5.75 Å². The van der Waals surface area contributed by atoms with Crippen LogP contribution in [0.4, 0.5) is 5.69 Å². The summed E-state index contributed by atoms with van der Waals surface area (Å²) in [5.41, 5.74) is 2.34. The van der Waals surface area contributed by atoms with Crippen LogP contribution >= 0.6 is 11.3 Å². The first-order valence-corrected chi connectivity index (χ1v) is 5.74. The number of hydrogen-bond donors (Lipinski definition) is 2. The van der Waals surface area contributed by atoms with Crippen LogP contribution in [0.25, 0.3) is 0 Å². The molecular weight excluding hydrogens is 222 g/mol. The Morgan fingerprint density at radius 3 is 2.50 bits per heavy atom. The minimum Gasteiger partial charge on any atom is -0.508 e. The molecule has 0 saturated heterocycles. The molecule has 1 aromatic carbocycles. The third-order valence-corrected chi connectivity index (χ3v) is 3.09. The molecule has 0 fully saturated rings. The molecule has 16 heavy (non-hydrogen) atoms. The number of aromatic hydroxyl groups is 1. The second-order valence-corrected chi connectivity index (χ2v) is 4.21. The lowest BCUT2D eigenvalue weighted by atomic mass is 10.2. The summed E-state index contributed by atoms with van der Waals surface area (Å²) in [6, 6.07) is 6.40. The van der Waals surface area contributed by atoms with Crippen molar-refractivity contribution in [3.05, 3.63) is 46.2 Å². The molecule has 0 spiro atoms. The minimum atomic E-state index is -0.121. The fraction of sp³-hybridized carbons (Fsp3) is 0.0833. The molecule has 0 saturated carbocycles. The van der Waals surface area contributed by atoms with Crippen molar-refractivity contribution in [1.29, 1.82) is 0 Å². The molecule has 1 amide bonds. The number of anilines is 1. The molecule has 82 valence electrons. The lowest BCUT2D eigenvalue weighted by molar-refractivity contribution is 0.102. The number of rotatable bonds is 2. The van der Waals surface area contributed by atoms with Gasteiger partial charge in [-0.3, -0.25) is 4.79 Å². The highest BCUT2D eigenvalue weighted by molar-refractivity contribution is 7.08. The Morgan fingerprint density at radius 1 is 1.25 bits per heavy atom. The van der Waals surface area contributed by atoms with Gasteiger partial charge < -0.3 is 10.4 Å². The number of amides is 1. The summed E-state index contributed by atoms with van der Waals surface area (Å²) in [7, 11) is 0. The number of thiophene rings is 1. The maximum atomic E-state index is 11.8. The number of hydrogen-bond acceptors (Lipinski definition) is 3. The summed E-state index contributed by atoms with van der Waals surface area (Å²) >= 11 is 1.51. The van der Waals surface area contributed by atoms with E-state index in [4.69, 9.17) is 5.11 Å². The Morgan fingerprint density at radius 2 is 1.94 bits per heavy atom. The predicted octanol–water partition coefficient (Wildman–Crippen LogP) is 3.01. The van der Waals surface area contributed by atoms with Gasteiger partial charge in [0.2, 0.25) is 0 Å². The molecule has 0 radical (unpaired) electrons. The Bertz CT molecular complexity index is 502. The van der Waals surface area contributed by atoms with Crippen LogP contribution in [0.1, 0.15) is 15.9 Å². The smallest absolute Gasteiger partial charge is 0.256 e. The predicted molar refractivity (Wildman–Crippen MR) is 65.1 cm³/mol. The summed E-state index contributed by atoms with van der Waals surface area (Å²) in [6.45, 7) is 1.90. The van der Waals surface area contributed by atoms with E-state index in [9.17, 15) is 4.79 Å². The first kappa shape index (κ1) is 10.7. The topological polar surface area (TPSA) is 49.3 Å². The van der Waals surface area contributed by atoms with E-state index in [1.807, 2.05) is 17.7 Å². The summed E-state index contributed by atoms with van der Waals surface area (Å²) in [6.07, 6.45) is 0. The molecule has 0 aliphatic carbocycles. The number of nitrogens with one attached hydrogen (secondary N) is 1. The lowest BCUT2D eigenvalue weighted by Gasteiger charge is -2.04. The van der Waals surface area contributed by atoms with Crippen LogP contribution in [0.2, 0.25) is 0 Å². The van der Waals surface area contributed by atoms with Crippen molar-refractivity contribution >= 4 is 22.9 Å². The highest BCUT2D eigenvalue weighted by Crippen LogP contribution is 2.18. The number of benzene rings is 1. The van der Waals surface area contributed by atoms with Crippen LogP contribution in [0.3, 0.4) is 0 Å². The van der Waals surface area contributed by atoms with Crippen LogP contribution in [-0.4, -0.2) is 11.0 Å². The summed E-state index contributed by atoms with van der Waals surface area (Å²) in [5.74, 6) is 0.0640. The van der Waals surface area contributed by atoms with Crippen LogP contribution in [-0.2, 0) is 0 Å². The number of carbonyl (C=O) groups excluding carboxylic acids is 1. The van der Waals surface area contributed by atoms with Crippen molar-refractivity contribution in [2.75, 3.05) is 5.32 Å². The second kappa shape index (κ2) is 4.37. The molecule has 0 aliphatic rings. The number of phenolic OH excluding ortho intramolecular Hbond substituents is 1. The van der Waals surface area contributed by atoms with E-state index >= 15 is 0 Å². The van der Waals surface area contributed by atoms with Gasteiger partial charge in [-0.2, -0.15) is 11.3 Å². The van der Waals surface area contributed by atoms with Gasteiger partial charge in [-0.25, -0.2) is 0 Å². The molecular formula is C12H11NO2S. The van der Waals surface area contributed by atoms with Crippen LogP contribution in [0, 0.1) is 6.92 Å². The summed E-state index contributed by atoms with van der Waals surface area (Å²) < 4.78 is 0. The van der Waals surface area contributed by atoms with Crippen molar-refractivity contribution in [3.63, 3.8) is 0 Å². The third kappa shape index (κ3) is 2.23. The highest BCUT2D eigenvalue weighted by atomic mass is 32.1. The van der Waals surface area contributed by atoms with Crippen molar-refractivity contribution in [1.82, 2.24) is 0 Å². The van der Waals surface area contributed by atoms with Gasteiger partial charge in [0, 0.05) is 11.1 Å². The average Bonchev–Trinajstić information content (AvgIpc) is 2.68. The number of aryl methyl sites for hydroxylation is 1. The first-order chi connectivity index (χ1) is 7.66. The van der Waals surface area contributed by atoms with E-state index < -0.39 is 0 Å². The molecule has 0 bridgehead atoms. The minimum absolute atomic E-state index is 0.121. The van der Waals surface area contributed by atoms with Gasteiger partial charge in [-0.1, -0.05) is 0 Å². The van der Waals surface area contributed by atoms with Crippen molar-refractivity contribution < 1.29 is 9.90 Å². The molecule has 2 rings (SSSR count). The molecule has 0 atom stereocenters. The molecule has 2 N–H and O–H groups in total. The van der Waals surface area contributed by atoms with Gasteiger partial charge in [0.25, 0.3) is 5.91 Å². The van der Waals surface area contributed by atoms with Crippen molar-refractivity contribution in [2.24, 2.45) is 0 Å². The van der Waals surface area contributed by atoms with E-state index in [0.717, 1.165) is 5.56 Å². The Hall–Kier alpha value is -1.81. The van der Waals surface area contributed by atoms with Crippen LogP contribution < -0.4 is 5.32 Å². The Kier molecular flexibility index (Phi) is 2.92. The van der Waals surface area contributed by atoms with Gasteiger partial charge in [-0.05, 0) is 42.1 Å². The van der Waals surface area contributed by atoms with E-state index in [0.29, 0.717) is 11.3 Å². The van der Waals surface area contributed by atoms with Gasteiger partial charge in [-0.15, -0.1) is 0 Å². The zero-order valence-corrected chi connectivity index (χ0v) is 9.54. The van der Waals surface area contributed by atoms with Crippen LogP contribution in [0.5, 0.6) is 5.75 Å².